The maximum Gasteiger partial charge on any atom is 0.252 e. The predicted molar refractivity (Wildman–Crippen MR) is 69.2 cm³/mol. The molecule has 0 spiro atoms. The lowest BCUT2D eigenvalue weighted by atomic mass is 10.1. The lowest BCUT2D eigenvalue weighted by Gasteiger charge is -2.13. The zero-order valence-corrected chi connectivity index (χ0v) is 10.5. The van der Waals surface area contributed by atoms with Gasteiger partial charge >= 0.3 is 0 Å². The number of hydrogen-bond donors (Lipinski definition) is 1. The van der Waals surface area contributed by atoms with E-state index in [0.29, 0.717) is 12.0 Å². The van der Waals surface area contributed by atoms with Gasteiger partial charge in [-0.1, -0.05) is 12.1 Å². The zero-order chi connectivity index (χ0) is 12.5. The van der Waals surface area contributed by atoms with Gasteiger partial charge in [-0.25, -0.2) is 4.39 Å². The highest BCUT2D eigenvalue weighted by Gasteiger charge is 2.26. The molecular formula is C14H12FNOS. The minimum atomic E-state index is -0.167. The third-order valence-electron chi connectivity index (χ3n) is 3.30. The average Bonchev–Trinajstić information content (AvgIpc) is 2.99. The first-order valence-corrected chi connectivity index (χ1v) is 6.80. The number of benzene rings is 1. The highest BCUT2D eigenvalue weighted by Crippen LogP contribution is 2.32. The van der Waals surface area contributed by atoms with Gasteiger partial charge in [0.2, 0.25) is 0 Å². The zero-order valence-electron chi connectivity index (χ0n) is 9.65. The van der Waals surface area contributed by atoms with Crippen LogP contribution in [0.1, 0.15) is 33.9 Å². The van der Waals surface area contributed by atoms with Crippen LogP contribution in [0.15, 0.2) is 35.0 Å². The number of carbonyl (C=O) groups excluding carboxylic acids is 1. The second-order valence-electron chi connectivity index (χ2n) is 4.38. The van der Waals surface area contributed by atoms with E-state index in [2.05, 4.69) is 5.32 Å². The SMILES string of the molecule is O=C(NC1CCc2c(F)cccc21)c1ccsc1. The number of amides is 1. The van der Waals surface area contributed by atoms with E-state index in [1.165, 1.54) is 17.4 Å². The van der Waals surface area contributed by atoms with Crippen molar-refractivity contribution in [1.29, 1.82) is 0 Å². The number of nitrogens with one attached hydrogen (secondary N) is 1. The maximum absolute atomic E-state index is 13.6. The second-order valence-corrected chi connectivity index (χ2v) is 5.16. The Morgan fingerprint density at radius 2 is 2.28 bits per heavy atom. The summed E-state index contributed by atoms with van der Waals surface area (Å²) in [5.41, 5.74) is 2.33. The van der Waals surface area contributed by atoms with Gasteiger partial charge < -0.3 is 5.32 Å². The summed E-state index contributed by atoms with van der Waals surface area (Å²) in [6.07, 6.45) is 1.46. The summed E-state index contributed by atoms with van der Waals surface area (Å²) in [5, 5.41) is 6.65. The predicted octanol–water partition coefficient (Wildman–Crippen LogP) is 3.30. The molecule has 2 aromatic rings. The van der Waals surface area contributed by atoms with E-state index >= 15 is 0 Å². The van der Waals surface area contributed by atoms with Crippen LogP contribution in [-0.4, -0.2) is 5.91 Å². The molecule has 1 aromatic carbocycles. The van der Waals surface area contributed by atoms with Crippen molar-refractivity contribution in [1.82, 2.24) is 5.32 Å². The Bertz CT molecular complexity index is 579. The highest BCUT2D eigenvalue weighted by atomic mass is 32.1. The number of hydrogen-bond acceptors (Lipinski definition) is 2. The molecule has 92 valence electrons. The van der Waals surface area contributed by atoms with Crippen molar-refractivity contribution < 1.29 is 9.18 Å². The molecule has 1 atom stereocenters. The lowest BCUT2D eigenvalue weighted by molar-refractivity contribution is 0.0937. The molecule has 4 heteroatoms. The first kappa shape index (κ1) is 11.4. The first-order valence-electron chi connectivity index (χ1n) is 5.86. The van der Waals surface area contributed by atoms with Crippen LogP contribution in [0.4, 0.5) is 4.39 Å². The summed E-state index contributed by atoms with van der Waals surface area (Å²) < 4.78 is 13.6. The van der Waals surface area contributed by atoms with E-state index in [-0.39, 0.29) is 17.8 Å². The topological polar surface area (TPSA) is 29.1 Å². The van der Waals surface area contributed by atoms with E-state index < -0.39 is 0 Å². The molecule has 0 saturated carbocycles. The fraction of sp³-hybridized carbons (Fsp3) is 0.214. The van der Waals surface area contributed by atoms with Crippen molar-refractivity contribution in [3.05, 3.63) is 57.5 Å². The normalized spacial score (nSPS) is 17.5. The molecule has 2 nitrogen and oxygen atoms in total. The summed E-state index contributed by atoms with van der Waals surface area (Å²) in [5.74, 6) is -0.252. The number of thiophene rings is 1. The van der Waals surface area contributed by atoms with Gasteiger partial charge in [-0.05, 0) is 41.5 Å². The van der Waals surface area contributed by atoms with Crippen LogP contribution < -0.4 is 5.32 Å². The van der Waals surface area contributed by atoms with E-state index in [0.717, 1.165) is 17.5 Å². The molecule has 1 aliphatic carbocycles. The molecule has 0 fully saturated rings. The fourth-order valence-electron chi connectivity index (χ4n) is 2.39. The summed E-state index contributed by atoms with van der Waals surface area (Å²) >= 11 is 1.49. The van der Waals surface area contributed by atoms with Crippen LogP contribution in [0, 0.1) is 5.82 Å². The van der Waals surface area contributed by atoms with Crippen LogP contribution in [0.5, 0.6) is 0 Å². The number of carbonyl (C=O) groups is 1. The van der Waals surface area contributed by atoms with Crippen LogP contribution in [0.3, 0.4) is 0 Å². The Balaban J connectivity index is 1.81. The van der Waals surface area contributed by atoms with Crippen LogP contribution in [0.25, 0.3) is 0 Å². The molecule has 0 saturated heterocycles. The van der Waals surface area contributed by atoms with Crippen molar-refractivity contribution in [2.45, 2.75) is 18.9 Å². The van der Waals surface area contributed by atoms with Gasteiger partial charge in [0.1, 0.15) is 5.82 Å². The third-order valence-corrected chi connectivity index (χ3v) is 3.99. The Morgan fingerprint density at radius 1 is 1.39 bits per heavy atom. The van der Waals surface area contributed by atoms with Gasteiger partial charge in [-0.2, -0.15) is 11.3 Å². The van der Waals surface area contributed by atoms with Gasteiger partial charge in [-0.15, -0.1) is 0 Å². The molecule has 0 bridgehead atoms. The quantitative estimate of drug-likeness (QED) is 0.883. The Labute approximate surface area is 108 Å². The first-order chi connectivity index (χ1) is 8.75. The van der Waals surface area contributed by atoms with Gasteiger partial charge in [-0.3, -0.25) is 4.79 Å². The molecule has 1 aliphatic rings. The van der Waals surface area contributed by atoms with Crippen molar-refractivity contribution >= 4 is 17.2 Å². The smallest absolute Gasteiger partial charge is 0.252 e. The summed E-state index contributed by atoms with van der Waals surface area (Å²) in [6.45, 7) is 0. The second kappa shape index (κ2) is 4.53. The minimum Gasteiger partial charge on any atom is -0.345 e. The van der Waals surface area contributed by atoms with E-state index in [4.69, 9.17) is 0 Å². The molecule has 1 unspecified atom stereocenters. The Morgan fingerprint density at radius 3 is 3.06 bits per heavy atom. The molecular weight excluding hydrogens is 249 g/mol. The van der Waals surface area contributed by atoms with Crippen LogP contribution in [-0.2, 0) is 6.42 Å². The van der Waals surface area contributed by atoms with Crippen molar-refractivity contribution in [3.8, 4) is 0 Å². The van der Waals surface area contributed by atoms with E-state index in [9.17, 15) is 9.18 Å². The minimum absolute atomic E-state index is 0.0666. The summed E-state index contributed by atoms with van der Waals surface area (Å²) in [4.78, 5) is 12.0. The molecule has 0 radical (unpaired) electrons. The third kappa shape index (κ3) is 1.93. The molecule has 1 N–H and O–H groups in total. The van der Waals surface area contributed by atoms with Crippen LogP contribution >= 0.6 is 11.3 Å². The van der Waals surface area contributed by atoms with E-state index in [1.807, 2.05) is 16.8 Å². The standard InChI is InChI=1S/C14H12FNOS/c15-12-3-1-2-11-10(12)4-5-13(11)16-14(17)9-6-7-18-8-9/h1-3,6-8,13H,4-5H2,(H,16,17). The van der Waals surface area contributed by atoms with Gasteiger partial charge in [0, 0.05) is 5.38 Å². The molecule has 1 aromatic heterocycles. The molecule has 18 heavy (non-hydrogen) atoms. The van der Waals surface area contributed by atoms with Crippen molar-refractivity contribution in [2.24, 2.45) is 0 Å². The maximum atomic E-state index is 13.6. The van der Waals surface area contributed by atoms with Crippen molar-refractivity contribution in [3.63, 3.8) is 0 Å². The highest BCUT2D eigenvalue weighted by molar-refractivity contribution is 7.08. The van der Waals surface area contributed by atoms with Gasteiger partial charge in [0.05, 0.1) is 11.6 Å². The molecule has 3 rings (SSSR count). The van der Waals surface area contributed by atoms with Gasteiger partial charge in [0.15, 0.2) is 0 Å². The Hall–Kier alpha value is -1.68. The van der Waals surface area contributed by atoms with E-state index in [1.54, 1.807) is 12.1 Å². The number of halogens is 1. The molecule has 1 heterocycles. The molecule has 0 aliphatic heterocycles. The molecule has 1 amide bonds. The number of fused-ring (bicyclic) bond motifs is 1. The average molecular weight is 261 g/mol. The Kier molecular flexibility index (Phi) is 2.88. The largest absolute Gasteiger partial charge is 0.345 e. The fourth-order valence-corrected chi connectivity index (χ4v) is 3.03. The van der Waals surface area contributed by atoms with Gasteiger partial charge in [0.25, 0.3) is 5.91 Å². The number of rotatable bonds is 2. The summed E-state index contributed by atoms with van der Waals surface area (Å²) in [6, 6.07) is 6.79. The monoisotopic (exact) mass is 261 g/mol. The lowest BCUT2D eigenvalue weighted by Crippen LogP contribution is -2.26. The summed E-state index contributed by atoms with van der Waals surface area (Å²) in [7, 11) is 0. The van der Waals surface area contributed by atoms with Crippen molar-refractivity contribution in [2.75, 3.05) is 0 Å². The van der Waals surface area contributed by atoms with Crippen LogP contribution in [0.2, 0.25) is 0 Å².